The van der Waals surface area contributed by atoms with Crippen molar-refractivity contribution >= 4 is 34.5 Å². The number of aromatic nitrogens is 2. The van der Waals surface area contributed by atoms with Crippen molar-refractivity contribution in [3.63, 3.8) is 0 Å². The van der Waals surface area contributed by atoms with Gasteiger partial charge in [0.2, 0.25) is 0 Å². The summed E-state index contributed by atoms with van der Waals surface area (Å²) in [4.78, 5) is 41.3. The van der Waals surface area contributed by atoms with Gasteiger partial charge in [0.1, 0.15) is 5.82 Å². The number of hydrogen-bond donors (Lipinski definition) is 2. The highest BCUT2D eigenvalue weighted by atomic mass is 16.5. The number of imidazole rings is 1. The molecule has 0 bridgehead atoms. The maximum absolute atomic E-state index is 12.5. The number of ether oxygens (including phenoxy) is 1. The van der Waals surface area contributed by atoms with E-state index in [4.69, 9.17) is 4.74 Å². The zero-order valence-electron chi connectivity index (χ0n) is 18.9. The lowest BCUT2D eigenvalue weighted by Crippen LogP contribution is -2.23. The normalized spacial score (nSPS) is 10.6. The molecule has 0 saturated carbocycles. The average Bonchev–Trinajstić information content (AvgIpc) is 3.18. The van der Waals surface area contributed by atoms with Crippen LogP contribution in [0.15, 0.2) is 72.8 Å². The van der Waals surface area contributed by atoms with Crippen molar-refractivity contribution in [3.05, 3.63) is 89.7 Å². The topological polar surface area (TPSA) is 102 Å². The van der Waals surface area contributed by atoms with Gasteiger partial charge in [-0.25, -0.2) is 9.78 Å². The Morgan fingerprint density at radius 2 is 1.74 bits per heavy atom. The number of carbonyl (C=O) groups excluding carboxylic acids is 3. The van der Waals surface area contributed by atoms with Crippen LogP contribution in [0.1, 0.15) is 33.5 Å². The first-order valence-corrected chi connectivity index (χ1v) is 10.9. The first-order valence-electron chi connectivity index (χ1n) is 10.9. The van der Waals surface area contributed by atoms with Gasteiger partial charge in [-0.1, -0.05) is 24.3 Å². The Kier molecular flexibility index (Phi) is 6.68. The number of nitrogens with zero attached hydrogens (tertiary/aromatic N) is 2. The van der Waals surface area contributed by atoms with Gasteiger partial charge >= 0.3 is 5.97 Å². The first kappa shape index (κ1) is 22.7. The SMILES string of the molecule is CCNC(=O)c1cccc(NC(=O)COC(=O)c2ccc3c(c2)nc(C)n3-c2ccccc2)c1. The quantitative estimate of drug-likeness (QED) is 0.411. The molecule has 4 rings (SSSR count). The third kappa shape index (κ3) is 4.96. The van der Waals surface area contributed by atoms with Crippen LogP contribution < -0.4 is 10.6 Å². The summed E-state index contributed by atoms with van der Waals surface area (Å²) >= 11 is 0. The van der Waals surface area contributed by atoms with Crippen molar-refractivity contribution < 1.29 is 19.1 Å². The molecule has 0 saturated heterocycles. The van der Waals surface area contributed by atoms with E-state index in [-0.39, 0.29) is 5.91 Å². The van der Waals surface area contributed by atoms with Gasteiger partial charge in [-0.3, -0.25) is 14.2 Å². The minimum absolute atomic E-state index is 0.231. The summed E-state index contributed by atoms with van der Waals surface area (Å²) < 4.78 is 7.19. The molecule has 4 aromatic rings. The Bertz CT molecular complexity index is 1360. The summed E-state index contributed by atoms with van der Waals surface area (Å²) in [5, 5.41) is 5.33. The van der Waals surface area contributed by atoms with Gasteiger partial charge in [-0.2, -0.15) is 0 Å². The van der Waals surface area contributed by atoms with Gasteiger partial charge in [-0.05, 0) is 62.4 Å². The Balaban J connectivity index is 1.41. The number of hydrogen-bond acceptors (Lipinski definition) is 5. The lowest BCUT2D eigenvalue weighted by atomic mass is 10.2. The monoisotopic (exact) mass is 456 g/mol. The minimum Gasteiger partial charge on any atom is -0.452 e. The summed E-state index contributed by atoms with van der Waals surface area (Å²) in [5.74, 6) is -0.571. The largest absolute Gasteiger partial charge is 0.452 e. The lowest BCUT2D eigenvalue weighted by Gasteiger charge is -2.09. The van der Waals surface area contributed by atoms with Crippen LogP contribution in [0.2, 0.25) is 0 Å². The highest BCUT2D eigenvalue weighted by molar-refractivity contribution is 5.99. The molecule has 0 atom stereocenters. The number of carbonyl (C=O) groups is 3. The predicted molar refractivity (Wildman–Crippen MR) is 129 cm³/mol. The Morgan fingerprint density at radius 3 is 2.50 bits per heavy atom. The molecule has 0 radical (unpaired) electrons. The number of aryl methyl sites for hydroxylation is 1. The molecule has 0 aliphatic heterocycles. The molecule has 8 heteroatoms. The Labute approximate surface area is 196 Å². The molecule has 0 aliphatic rings. The predicted octanol–water partition coefficient (Wildman–Crippen LogP) is 3.88. The van der Waals surface area contributed by atoms with E-state index in [0.29, 0.717) is 28.9 Å². The number of para-hydroxylation sites is 1. The summed E-state index contributed by atoms with van der Waals surface area (Å²) in [6, 6.07) is 21.5. The number of amides is 2. The molecular formula is C26H24N4O4. The first-order chi connectivity index (χ1) is 16.5. The molecule has 1 heterocycles. The Morgan fingerprint density at radius 1 is 0.941 bits per heavy atom. The second-order valence-electron chi connectivity index (χ2n) is 7.60. The van der Waals surface area contributed by atoms with E-state index in [1.54, 1.807) is 36.4 Å². The number of fused-ring (bicyclic) bond motifs is 1. The molecule has 1 aromatic heterocycles. The van der Waals surface area contributed by atoms with E-state index >= 15 is 0 Å². The molecule has 0 spiro atoms. The third-order valence-electron chi connectivity index (χ3n) is 5.15. The van der Waals surface area contributed by atoms with Crippen LogP contribution in [-0.4, -0.2) is 40.5 Å². The highest BCUT2D eigenvalue weighted by Crippen LogP contribution is 2.22. The average molecular weight is 457 g/mol. The molecule has 34 heavy (non-hydrogen) atoms. The molecule has 0 fully saturated rings. The summed E-state index contributed by atoms with van der Waals surface area (Å²) in [5.41, 5.74) is 3.66. The lowest BCUT2D eigenvalue weighted by molar-refractivity contribution is -0.119. The van der Waals surface area contributed by atoms with Gasteiger partial charge in [-0.15, -0.1) is 0 Å². The minimum atomic E-state index is -0.625. The van der Waals surface area contributed by atoms with Gasteiger partial charge in [0.05, 0.1) is 16.6 Å². The zero-order valence-corrected chi connectivity index (χ0v) is 18.9. The second kappa shape index (κ2) is 9.99. The maximum Gasteiger partial charge on any atom is 0.338 e. The summed E-state index contributed by atoms with van der Waals surface area (Å²) in [6.45, 7) is 3.77. The number of rotatable bonds is 7. The molecule has 3 aromatic carbocycles. The van der Waals surface area contributed by atoms with E-state index in [1.807, 2.05) is 54.8 Å². The Hall–Kier alpha value is -4.46. The van der Waals surface area contributed by atoms with Crippen LogP contribution >= 0.6 is 0 Å². The van der Waals surface area contributed by atoms with Crippen LogP contribution in [0.5, 0.6) is 0 Å². The maximum atomic E-state index is 12.5. The fourth-order valence-corrected chi connectivity index (χ4v) is 3.64. The number of benzene rings is 3. The van der Waals surface area contributed by atoms with Crippen LogP contribution in [0.4, 0.5) is 5.69 Å². The molecule has 0 unspecified atom stereocenters. The standard InChI is InChI=1S/C26H24N4O4/c1-3-27-25(32)18-8-7-9-20(14-18)29-24(31)16-34-26(33)19-12-13-23-22(15-19)28-17(2)30(23)21-10-5-4-6-11-21/h4-15H,3,16H2,1-2H3,(H,27,32)(H,29,31). The van der Waals surface area contributed by atoms with Crippen LogP contribution in [-0.2, 0) is 9.53 Å². The number of esters is 1. The van der Waals surface area contributed by atoms with Crippen molar-refractivity contribution in [3.8, 4) is 5.69 Å². The van der Waals surface area contributed by atoms with Crippen molar-refractivity contribution in [2.45, 2.75) is 13.8 Å². The molecule has 2 N–H and O–H groups in total. The van der Waals surface area contributed by atoms with Gasteiger partial charge in [0.25, 0.3) is 11.8 Å². The smallest absolute Gasteiger partial charge is 0.338 e. The second-order valence-corrected chi connectivity index (χ2v) is 7.60. The fourth-order valence-electron chi connectivity index (χ4n) is 3.64. The van der Waals surface area contributed by atoms with E-state index in [2.05, 4.69) is 15.6 Å². The van der Waals surface area contributed by atoms with E-state index in [9.17, 15) is 14.4 Å². The number of anilines is 1. The highest BCUT2D eigenvalue weighted by Gasteiger charge is 2.15. The molecule has 8 nitrogen and oxygen atoms in total. The van der Waals surface area contributed by atoms with Gasteiger partial charge in [0, 0.05) is 23.5 Å². The third-order valence-corrected chi connectivity index (χ3v) is 5.15. The van der Waals surface area contributed by atoms with Crippen LogP contribution in [0, 0.1) is 6.92 Å². The van der Waals surface area contributed by atoms with Crippen molar-refractivity contribution in [1.29, 1.82) is 0 Å². The van der Waals surface area contributed by atoms with Crippen molar-refractivity contribution in [2.24, 2.45) is 0 Å². The molecule has 2 amide bonds. The van der Waals surface area contributed by atoms with Crippen LogP contribution in [0.3, 0.4) is 0 Å². The van der Waals surface area contributed by atoms with Gasteiger partial charge in [0.15, 0.2) is 6.61 Å². The van der Waals surface area contributed by atoms with Crippen molar-refractivity contribution in [2.75, 3.05) is 18.5 Å². The fraction of sp³-hybridized carbons (Fsp3) is 0.154. The van der Waals surface area contributed by atoms with E-state index < -0.39 is 18.5 Å². The summed E-state index contributed by atoms with van der Waals surface area (Å²) in [6.07, 6.45) is 0. The molecule has 0 aliphatic carbocycles. The summed E-state index contributed by atoms with van der Waals surface area (Å²) in [7, 11) is 0. The number of nitrogens with one attached hydrogen (secondary N) is 2. The van der Waals surface area contributed by atoms with Gasteiger partial charge < -0.3 is 15.4 Å². The van der Waals surface area contributed by atoms with E-state index in [0.717, 1.165) is 17.0 Å². The molecule has 172 valence electrons. The van der Waals surface area contributed by atoms with Crippen LogP contribution in [0.25, 0.3) is 16.7 Å². The van der Waals surface area contributed by atoms with Crippen molar-refractivity contribution in [1.82, 2.24) is 14.9 Å². The molecular weight excluding hydrogens is 432 g/mol. The van der Waals surface area contributed by atoms with E-state index in [1.165, 1.54) is 0 Å². The zero-order chi connectivity index (χ0) is 24.1.